The van der Waals surface area contributed by atoms with Gasteiger partial charge in [-0.3, -0.25) is 0 Å². The molecule has 1 heteroatoms. The highest BCUT2D eigenvalue weighted by molar-refractivity contribution is 4.66. The van der Waals surface area contributed by atoms with Crippen molar-refractivity contribution in [1.82, 2.24) is 4.90 Å². The van der Waals surface area contributed by atoms with Crippen molar-refractivity contribution in [2.24, 2.45) is 11.8 Å². The maximum absolute atomic E-state index is 2.67. The molecule has 0 amide bonds. The average Bonchev–Trinajstić information content (AvgIpc) is 2.27. The fraction of sp³-hybridized carbons (Fsp3) is 1.00. The van der Waals surface area contributed by atoms with Gasteiger partial charge in [-0.1, -0.05) is 46.5 Å². The molecule has 1 fully saturated rings. The minimum absolute atomic E-state index is 0.884. The molecule has 16 heavy (non-hydrogen) atoms. The lowest BCUT2D eigenvalue weighted by atomic mass is 9.97. The molecule has 0 saturated carbocycles. The molecule has 1 unspecified atom stereocenters. The zero-order valence-electron chi connectivity index (χ0n) is 11.7. The summed E-state index contributed by atoms with van der Waals surface area (Å²) in [5.74, 6) is 1.81. The summed E-state index contributed by atoms with van der Waals surface area (Å²) in [5.41, 5.74) is 0. The van der Waals surface area contributed by atoms with Gasteiger partial charge in [-0.25, -0.2) is 0 Å². The predicted octanol–water partition coefficient (Wildman–Crippen LogP) is 4.32. The Bertz CT molecular complexity index is 159. The van der Waals surface area contributed by atoms with Crippen LogP contribution >= 0.6 is 0 Å². The second kappa shape index (κ2) is 8.11. The number of likely N-dealkylation sites (tertiary alicyclic amines) is 1. The normalized spacial score (nSPS) is 20.2. The van der Waals surface area contributed by atoms with Crippen LogP contribution < -0.4 is 0 Å². The number of hydrogen-bond acceptors (Lipinski definition) is 1. The fourth-order valence-corrected chi connectivity index (χ4v) is 2.60. The van der Waals surface area contributed by atoms with E-state index in [1.807, 2.05) is 0 Å². The highest BCUT2D eigenvalue weighted by atomic mass is 15.1. The van der Waals surface area contributed by atoms with Gasteiger partial charge in [-0.15, -0.1) is 0 Å². The van der Waals surface area contributed by atoms with Crippen molar-refractivity contribution in [2.75, 3.05) is 19.6 Å². The van der Waals surface area contributed by atoms with Crippen LogP contribution in [0.25, 0.3) is 0 Å². The number of nitrogens with zero attached hydrogens (tertiary/aromatic N) is 1. The average molecular weight is 225 g/mol. The topological polar surface area (TPSA) is 3.24 Å². The summed E-state index contributed by atoms with van der Waals surface area (Å²) in [6, 6.07) is 0. The first-order valence-electron chi connectivity index (χ1n) is 7.41. The lowest BCUT2D eigenvalue weighted by Crippen LogP contribution is -2.31. The van der Waals surface area contributed by atoms with Gasteiger partial charge < -0.3 is 4.90 Å². The van der Waals surface area contributed by atoms with E-state index in [1.54, 1.807) is 0 Å². The van der Waals surface area contributed by atoms with Crippen molar-refractivity contribution in [3.8, 4) is 0 Å². The first-order valence-corrected chi connectivity index (χ1v) is 7.41. The molecule has 0 aromatic heterocycles. The van der Waals surface area contributed by atoms with Crippen LogP contribution in [0.5, 0.6) is 0 Å². The molecule has 0 aliphatic carbocycles. The summed E-state index contributed by atoms with van der Waals surface area (Å²) < 4.78 is 0. The Balaban J connectivity index is 1.98. The van der Waals surface area contributed by atoms with Gasteiger partial charge in [0.1, 0.15) is 0 Å². The Morgan fingerprint density at radius 2 is 1.56 bits per heavy atom. The third-order valence-electron chi connectivity index (χ3n) is 3.87. The predicted molar refractivity (Wildman–Crippen MR) is 72.8 cm³/mol. The Hall–Kier alpha value is -0.0400. The van der Waals surface area contributed by atoms with Gasteiger partial charge in [0.2, 0.25) is 0 Å². The van der Waals surface area contributed by atoms with Crippen molar-refractivity contribution in [1.29, 1.82) is 0 Å². The molecule has 1 rings (SSSR count). The van der Waals surface area contributed by atoms with Crippen LogP contribution in [0, 0.1) is 11.8 Å². The molecule has 96 valence electrons. The van der Waals surface area contributed by atoms with E-state index < -0.39 is 0 Å². The Labute approximate surface area is 103 Å². The van der Waals surface area contributed by atoms with E-state index in [9.17, 15) is 0 Å². The Morgan fingerprint density at radius 3 is 2.19 bits per heavy atom. The largest absolute Gasteiger partial charge is 0.303 e. The second-order valence-electron chi connectivity index (χ2n) is 6.12. The zero-order chi connectivity index (χ0) is 11.8. The fourth-order valence-electron chi connectivity index (χ4n) is 2.60. The summed E-state index contributed by atoms with van der Waals surface area (Å²) in [4.78, 5) is 2.67. The summed E-state index contributed by atoms with van der Waals surface area (Å²) in [5, 5.41) is 0. The van der Waals surface area contributed by atoms with Crippen LogP contribution in [0.3, 0.4) is 0 Å². The molecule has 1 heterocycles. The van der Waals surface area contributed by atoms with E-state index in [-0.39, 0.29) is 0 Å². The molecule has 1 atom stereocenters. The van der Waals surface area contributed by atoms with Crippen molar-refractivity contribution >= 4 is 0 Å². The molecule has 1 aliphatic heterocycles. The van der Waals surface area contributed by atoms with Crippen LogP contribution in [-0.4, -0.2) is 24.5 Å². The van der Waals surface area contributed by atoms with E-state index in [0.717, 1.165) is 11.8 Å². The van der Waals surface area contributed by atoms with Crippen LogP contribution in [0.1, 0.15) is 65.7 Å². The maximum atomic E-state index is 2.67. The lowest BCUT2D eigenvalue weighted by Gasteiger charge is -2.27. The third-order valence-corrected chi connectivity index (χ3v) is 3.87. The van der Waals surface area contributed by atoms with Gasteiger partial charge >= 0.3 is 0 Å². The molecule has 0 aromatic carbocycles. The molecule has 0 N–H and O–H groups in total. The van der Waals surface area contributed by atoms with E-state index in [1.165, 1.54) is 64.6 Å². The number of piperidine rings is 1. The van der Waals surface area contributed by atoms with Gasteiger partial charge in [0.05, 0.1) is 0 Å². The molecular weight excluding hydrogens is 194 g/mol. The SMILES string of the molecule is CC(C)CCCC(C)CCN1CCCCC1. The van der Waals surface area contributed by atoms with Gasteiger partial charge in [0.15, 0.2) is 0 Å². The summed E-state index contributed by atoms with van der Waals surface area (Å²) in [6.07, 6.45) is 10.0. The third kappa shape index (κ3) is 6.52. The summed E-state index contributed by atoms with van der Waals surface area (Å²) in [6.45, 7) is 11.2. The summed E-state index contributed by atoms with van der Waals surface area (Å²) in [7, 11) is 0. The van der Waals surface area contributed by atoms with Crippen LogP contribution in [0.4, 0.5) is 0 Å². The number of hydrogen-bond donors (Lipinski definition) is 0. The zero-order valence-corrected chi connectivity index (χ0v) is 11.7. The minimum Gasteiger partial charge on any atom is -0.303 e. The molecule has 1 saturated heterocycles. The highest BCUT2D eigenvalue weighted by Crippen LogP contribution is 2.17. The van der Waals surface area contributed by atoms with Crippen LogP contribution in [0.15, 0.2) is 0 Å². The van der Waals surface area contributed by atoms with Crippen LogP contribution in [-0.2, 0) is 0 Å². The molecule has 0 radical (unpaired) electrons. The molecule has 0 spiro atoms. The maximum Gasteiger partial charge on any atom is -0.00162 e. The monoisotopic (exact) mass is 225 g/mol. The molecular formula is C15H31N. The van der Waals surface area contributed by atoms with Gasteiger partial charge in [-0.05, 0) is 50.7 Å². The Morgan fingerprint density at radius 1 is 0.875 bits per heavy atom. The standard InChI is InChI=1S/C15H31N/c1-14(2)8-7-9-15(3)10-13-16-11-5-4-6-12-16/h14-15H,4-13H2,1-3H3. The van der Waals surface area contributed by atoms with E-state index in [4.69, 9.17) is 0 Å². The van der Waals surface area contributed by atoms with Crippen molar-refractivity contribution in [3.05, 3.63) is 0 Å². The highest BCUT2D eigenvalue weighted by Gasteiger charge is 2.11. The quantitative estimate of drug-likeness (QED) is 0.623. The minimum atomic E-state index is 0.884. The smallest absolute Gasteiger partial charge is 0.00162 e. The molecule has 0 aromatic rings. The second-order valence-corrected chi connectivity index (χ2v) is 6.12. The first-order chi connectivity index (χ1) is 7.68. The van der Waals surface area contributed by atoms with Crippen LogP contribution in [0.2, 0.25) is 0 Å². The van der Waals surface area contributed by atoms with E-state index in [2.05, 4.69) is 25.7 Å². The summed E-state index contributed by atoms with van der Waals surface area (Å²) >= 11 is 0. The van der Waals surface area contributed by atoms with E-state index in [0.29, 0.717) is 0 Å². The lowest BCUT2D eigenvalue weighted by molar-refractivity contribution is 0.212. The van der Waals surface area contributed by atoms with E-state index >= 15 is 0 Å². The Kier molecular flexibility index (Phi) is 7.11. The van der Waals surface area contributed by atoms with Gasteiger partial charge in [-0.2, -0.15) is 0 Å². The molecule has 1 nitrogen and oxygen atoms in total. The van der Waals surface area contributed by atoms with Crippen molar-refractivity contribution < 1.29 is 0 Å². The van der Waals surface area contributed by atoms with Gasteiger partial charge in [0.25, 0.3) is 0 Å². The number of rotatable bonds is 7. The molecule has 0 bridgehead atoms. The van der Waals surface area contributed by atoms with Crippen molar-refractivity contribution in [2.45, 2.75) is 65.7 Å². The first kappa shape index (κ1) is 14.0. The molecule has 1 aliphatic rings. The van der Waals surface area contributed by atoms with Gasteiger partial charge in [0, 0.05) is 0 Å². The van der Waals surface area contributed by atoms with Crippen molar-refractivity contribution in [3.63, 3.8) is 0 Å².